The van der Waals surface area contributed by atoms with E-state index in [0.717, 1.165) is 43.6 Å². The van der Waals surface area contributed by atoms with E-state index in [2.05, 4.69) is 73.7 Å². The van der Waals surface area contributed by atoms with E-state index < -0.39 is 11.6 Å². The number of nitriles is 2. The summed E-state index contributed by atoms with van der Waals surface area (Å²) in [7, 11) is 3.94. The summed E-state index contributed by atoms with van der Waals surface area (Å²) >= 11 is 12.6. The lowest BCUT2D eigenvalue weighted by atomic mass is 10.1. The first-order chi connectivity index (χ1) is 38.9. The van der Waals surface area contributed by atoms with Crippen LogP contribution in [0.5, 0.6) is 35.3 Å². The van der Waals surface area contributed by atoms with Gasteiger partial charge in [0.2, 0.25) is 17.7 Å². The predicted octanol–water partition coefficient (Wildman–Crippen LogP) is 9.51. The Morgan fingerprint density at radius 2 is 1.15 bits per heavy atom. The standard InChI is InChI=1S/C28H27ClFN9O3.C26H26ClFN8O2.2CH4/c1-3-22(40)38-6-8-39(9-7-38)26-18-4-5-32-27(42-25-19-13-33-36-21(19)11-20(30)23(25)29)24(18)34-28(35-26)41-15-17-10-16(12-31)14-37(17)2;1-35-13-15(11-29)9-16(35)14-37-26-32-22-17(24(33-26)36-7-3-2-4-8-36)5-6-30-25(22)38-23-18-12-31-34-20(18)10-19(28)21(23)27;;/h3-5,11,13,16-17H,1,6-10,14-15H2,2H3,(H,33,36);5-6,10,12,15-16H,2-4,7-9,13-14H2,1H3,(H,31,34);2*1H4/t16-,17-;15-,16-;;/m00../s1. The Hall–Kier alpha value is -8.29. The van der Waals surface area contributed by atoms with Gasteiger partial charge < -0.3 is 33.6 Å². The molecule has 2 N–H and O–H groups in total. The highest BCUT2D eigenvalue weighted by atomic mass is 35.5. The molecule has 1 amide bonds. The summed E-state index contributed by atoms with van der Waals surface area (Å²) < 4.78 is 53.7. The maximum Gasteiger partial charge on any atom is 0.319 e. The number of carbonyl (C=O) groups is 1. The van der Waals surface area contributed by atoms with Crippen LogP contribution in [0.3, 0.4) is 0 Å². The Labute approximate surface area is 481 Å². The zero-order valence-electron chi connectivity index (χ0n) is 43.6. The third kappa shape index (κ3) is 11.9. The molecule has 0 radical (unpaired) electrons. The van der Waals surface area contributed by atoms with Crippen LogP contribution in [-0.2, 0) is 4.79 Å². The zero-order valence-corrected chi connectivity index (χ0v) is 45.1. The molecule has 0 aliphatic carbocycles. The highest BCUT2D eigenvalue weighted by molar-refractivity contribution is 6.34. The second kappa shape index (κ2) is 25.2. The van der Waals surface area contributed by atoms with Gasteiger partial charge in [-0.3, -0.25) is 24.8 Å². The van der Waals surface area contributed by atoms with Gasteiger partial charge in [0.15, 0.2) is 11.5 Å². The second-order valence-electron chi connectivity index (χ2n) is 20.1. The highest BCUT2D eigenvalue weighted by Crippen LogP contribution is 2.43. The van der Waals surface area contributed by atoms with E-state index in [-0.39, 0.29) is 96.6 Å². The van der Waals surface area contributed by atoms with E-state index in [0.29, 0.717) is 96.3 Å². The lowest BCUT2D eigenvalue weighted by Gasteiger charge is -2.35. The van der Waals surface area contributed by atoms with E-state index in [1.807, 2.05) is 25.1 Å². The van der Waals surface area contributed by atoms with Crippen molar-refractivity contribution in [2.24, 2.45) is 11.8 Å². The van der Waals surface area contributed by atoms with Crippen molar-refractivity contribution in [2.75, 3.05) is 89.5 Å². The average molecular weight is 1160 g/mol. The number of anilines is 2. The molecule has 2 aromatic carbocycles. The molecule has 4 aliphatic heterocycles. The number of halogens is 4. The summed E-state index contributed by atoms with van der Waals surface area (Å²) in [5, 5.41) is 34.1. The van der Waals surface area contributed by atoms with Crippen molar-refractivity contribution >= 4 is 84.4 Å². The normalized spacial score (nSPS) is 19.2. The van der Waals surface area contributed by atoms with Crippen LogP contribution in [0.25, 0.3) is 43.6 Å². The molecule has 8 aromatic rings. The van der Waals surface area contributed by atoms with E-state index in [1.165, 1.54) is 37.0 Å². The maximum absolute atomic E-state index is 14.6. The Morgan fingerprint density at radius 1 is 0.695 bits per heavy atom. The number of hydrogen-bond donors (Lipinski definition) is 2. The van der Waals surface area contributed by atoms with E-state index in [1.54, 1.807) is 23.4 Å². The lowest BCUT2D eigenvalue weighted by Crippen LogP contribution is -2.48. The van der Waals surface area contributed by atoms with Crippen LogP contribution >= 0.6 is 23.2 Å². The molecule has 4 aliphatic rings. The average Bonchev–Trinajstić information content (AvgIpc) is 3.73. The SMILES string of the molecule is C.C.C=CC(=O)N1CCN(c2nc(OC[C@@H]3C[C@@H](C#N)CN3C)nc3c(Oc4c(Cl)c(F)cc5[nH]ncc45)nccc23)CC1.CN1C[C@H](C#N)C[C@H]1COc1nc(N2CCCCC2)c2ccnc(Oc3c(Cl)c(F)cc4[nH]ncc34)c2n1. The molecule has 10 heterocycles. The third-order valence-electron chi connectivity index (χ3n) is 14.9. The van der Waals surface area contributed by atoms with Gasteiger partial charge in [0.25, 0.3) is 0 Å². The fraction of sp³-hybridized carbons (Fsp3) is 0.411. The fourth-order valence-electron chi connectivity index (χ4n) is 10.6. The number of carbonyl (C=O) groups excluding carboxylic acids is 1. The summed E-state index contributed by atoms with van der Waals surface area (Å²) in [4.78, 5) is 50.1. The first-order valence-corrected chi connectivity index (χ1v) is 26.8. The molecule has 6 aromatic heterocycles. The van der Waals surface area contributed by atoms with Crippen molar-refractivity contribution < 1.29 is 32.5 Å². The number of fused-ring (bicyclic) bond motifs is 4. The number of H-pyrrole nitrogens is 2. The quantitative estimate of drug-likeness (QED) is 0.102. The molecule has 4 fully saturated rings. The molecule has 26 heteroatoms. The number of amides is 1. The summed E-state index contributed by atoms with van der Waals surface area (Å²) in [5.41, 5.74) is 1.64. The number of aromatic amines is 2. The molecule has 4 atom stereocenters. The minimum Gasteiger partial charge on any atom is -0.462 e. The zero-order chi connectivity index (χ0) is 55.6. The van der Waals surface area contributed by atoms with Gasteiger partial charge in [-0.25, -0.2) is 18.7 Å². The van der Waals surface area contributed by atoms with Gasteiger partial charge in [0, 0.05) is 89.0 Å². The van der Waals surface area contributed by atoms with E-state index >= 15 is 0 Å². The van der Waals surface area contributed by atoms with Crippen LogP contribution in [0.2, 0.25) is 10.0 Å². The summed E-state index contributed by atoms with van der Waals surface area (Å²) in [6.45, 7) is 9.33. The molecule has 12 rings (SSSR count). The van der Waals surface area contributed by atoms with Crippen LogP contribution < -0.4 is 28.7 Å². The largest absolute Gasteiger partial charge is 0.462 e. The van der Waals surface area contributed by atoms with Crippen molar-refractivity contribution in [3.63, 3.8) is 0 Å². The number of piperazine rings is 1. The molecular weight excluding hydrogens is 1100 g/mol. The molecule has 0 spiro atoms. The Kier molecular flexibility index (Phi) is 18.0. The number of nitrogens with one attached hydrogen (secondary N) is 2. The molecule has 0 unspecified atom stereocenters. The lowest BCUT2D eigenvalue weighted by molar-refractivity contribution is -0.126. The van der Waals surface area contributed by atoms with Crippen LogP contribution in [0.15, 0.2) is 61.7 Å². The number of hydrogen-bond acceptors (Lipinski definition) is 19. The topological polar surface area (TPSA) is 252 Å². The Balaban J connectivity index is 0.000000194. The number of benzene rings is 2. The summed E-state index contributed by atoms with van der Waals surface area (Å²) in [5.74, 6) is 0.201. The minimum absolute atomic E-state index is 0. The molecular formula is C56H61Cl2F2N17O5. The van der Waals surface area contributed by atoms with Crippen molar-refractivity contribution in [1.29, 1.82) is 10.5 Å². The summed E-state index contributed by atoms with van der Waals surface area (Å²) in [6.07, 6.45) is 12.2. The van der Waals surface area contributed by atoms with Crippen molar-refractivity contribution in [2.45, 2.75) is 59.0 Å². The van der Waals surface area contributed by atoms with Gasteiger partial charge in [-0.05, 0) is 64.4 Å². The van der Waals surface area contributed by atoms with Gasteiger partial charge in [-0.2, -0.15) is 40.7 Å². The minimum atomic E-state index is -0.675. The van der Waals surface area contributed by atoms with Gasteiger partial charge in [-0.15, -0.1) is 0 Å². The molecule has 4 saturated heterocycles. The van der Waals surface area contributed by atoms with Crippen LogP contribution in [0, 0.1) is 46.1 Å². The van der Waals surface area contributed by atoms with Crippen molar-refractivity contribution in [3.05, 3.63) is 83.4 Å². The predicted molar refractivity (Wildman–Crippen MR) is 307 cm³/mol. The number of piperidine rings is 1. The Morgan fingerprint density at radius 3 is 1.57 bits per heavy atom. The second-order valence-corrected chi connectivity index (χ2v) is 20.8. The monoisotopic (exact) mass is 1160 g/mol. The number of likely N-dealkylation sites (tertiary alicyclic amines) is 2. The third-order valence-corrected chi connectivity index (χ3v) is 15.6. The van der Waals surface area contributed by atoms with Crippen molar-refractivity contribution in [3.8, 4) is 47.4 Å². The van der Waals surface area contributed by atoms with Gasteiger partial charge >= 0.3 is 12.0 Å². The fourth-order valence-corrected chi connectivity index (χ4v) is 11.0. The van der Waals surface area contributed by atoms with Crippen LogP contribution in [-0.4, -0.2) is 163 Å². The smallest absolute Gasteiger partial charge is 0.319 e. The molecule has 0 saturated carbocycles. The summed E-state index contributed by atoms with van der Waals surface area (Å²) in [6, 6.07) is 11.2. The first kappa shape index (κ1) is 58.4. The van der Waals surface area contributed by atoms with Crippen molar-refractivity contribution in [1.82, 2.24) is 65.0 Å². The number of aromatic nitrogens is 10. The van der Waals surface area contributed by atoms with E-state index in [9.17, 15) is 24.1 Å². The van der Waals surface area contributed by atoms with Gasteiger partial charge in [0.1, 0.15) is 57.6 Å². The molecule has 428 valence electrons. The molecule has 0 bridgehead atoms. The maximum atomic E-state index is 14.6. The highest BCUT2D eigenvalue weighted by Gasteiger charge is 2.33. The molecule has 82 heavy (non-hydrogen) atoms. The van der Waals surface area contributed by atoms with Crippen LogP contribution in [0.4, 0.5) is 20.4 Å². The van der Waals surface area contributed by atoms with Crippen LogP contribution in [0.1, 0.15) is 47.0 Å². The molecule has 22 nitrogen and oxygen atoms in total. The number of likely N-dealkylation sites (N-methyl/N-ethyl adjacent to an activating group) is 2. The first-order valence-electron chi connectivity index (χ1n) is 26.1. The number of ether oxygens (including phenoxy) is 4. The number of nitrogens with zero attached hydrogens (tertiary/aromatic N) is 15. The van der Waals surface area contributed by atoms with Gasteiger partial charge in [0.05, 0.1) is 68.9 Å². The number of rotatable bonds is 13. The Bertz CT molecular complexity index is 3730. The van der Waals surface area contributed by atoms with E-state index in [4.69, 9.17) is 52.1 Å². The van der Waals surface area contributed by atoms with Gasteiger partial charge in [-0.1, -0.05) is 44.6 Å². The number of pyridine rings is 2.